The summed E-state index contributed by atoms with van der Waals surface area (Å²) < 4.78 is 12.5. The molecule has 0 spiro atoms. The number of aliphatic hydroxyl groups is 2. The van der Waals surface area contributed by atoms with Gasteiger partial charge in [0.25, 0.3) is 0 Å². The zero-order chi connectivity index (χ0) is 20.8. The topological polar surface area (TPSA) is 57.5 Å². The Hall–Kier alpha value is 0.150. The molecule has 170 valence electrons. The molecule has 4 heteroatoms. The quantitative estimate of drug-likeness (QED) is 0.134. The first-order valence-corrected chi connectivity index (χ1v) is 14.7. The van der Waals surface area contributed by atoms with Crippen molar-refractivity contribution in [3.05, 3.63) is 0 Å². The van der Waals surface area contributed by atoms with E-state index in [-0.39, 0.29) is 13.2 Å². The molecule has 0 aliphatic carbocycles. The molecule has 0 aliphatic rings. The van der Waals surface area contributed by atoms with Crippen molar-refractivity contribution in [2.45, 2.75) is 122 Å². The largest absolute Gasteiger partial charge is 0.396 e. The summed E-state index contributed by atoms with van der Waals surface area (Å²) in [5.74, 6) is 0. The van der Waals surface area contributed by atoms with Gasteiger partial charge in [0, 0.05) is 31.7 Å². The van der Waals surface area contributed by atoms with Gasteiger partial charge in [0.15, 0.2) is 0 Å². The van der Waals surface area contributed by atoms with Crippen LogP contribution in [0.25, 0.3) is 0 Å². The van der Waals surface area contributed by atoms with Crippen molar-refractivity contribution < 1.29 is 14.8 Å². The third kappa shape index (κ3) is 19.5. The van der Waals surface area contributed by atoms with Crippen LogP contribution in [0.1, 0.15) is 122 Å². The molecule has 0 aromatic rings. The maximum atomic E-state index is 12.5. The van der Waals surface area contributed by atoms with E-state index in [9.17, 15) is 4.57 Å². The fourth-order valence-electron chi connectivity index (χ4n) is 4.00. The number of unbranched alkanes of at least 4 members (excludes halogenated alkanes) is 17. The number of hydrogen-bond donors (Lipinski definition) is 2. The van der Waals surface area contributed by atoms with Gasteiger partial charge in [0.05, 0.1) is 7.14 Å². The molecular weight excluding hydrogens is 367 g/mol. The highest BCUT2D eigenvalue weighted by atomic mass is 31.2. The number of aliphatic hydroxyl groups excluding tert-OH is 2. The Morgan fingerprint density at radius 3 is 1.04 bits per heavy atom. The van der Waals surface area contributed by atoms with Crippen molar-refractivity contribution in [1.82, 2.24) is 0 Å². The van der Waals surface area contributed by atoms with E-state index < -0.39 is 7.14 Å². The van der Waals surface area contributed by atoms with E-state index in [2.05, 4.69) is 6.92 Å². The van der Waals surface area contributed by atoms with E-state index in [1.54, 1.807) is 0 Å². The maximum absolute atomic E-state index is 12.5. The van der Waals surface area contributed by atoms with E-state index in [1.807, 2.05) is 0 Å². The van der Waals surface area contributed by atoms with E-state index in [4.69, 9.17) is 10.2 Å². The normalized spacial score (nSPS) is 12.0. The van der Waals surface area contributed by atoms with Crippen LogP contribution in [0.3, 0.4) is 0 Å². The molecule has 0 aromatic heterocycles. The first-order chi connectivity index (χ1) is 13.7. The SMILES string of the molecule is CCCCCCCCCCCCCCCCCCCCP(=O)(CCO)CCO. The first kappa shape index (κ1) is 28.1. The summed E-state index contributed by atoms with van der Waals surface area (Å²) in [6.07, 6.45) is 25.9. The Bertz CT molecular complexity index is 337. The Labute approximate surface area is 176 Å². The molecule has 0 bridgehead atoms. The van der Waals surface area contributed by atoms with Crippen LogP contribution in [0.5, 0.6) is 0 Å². The summed E-state index contributed by atoms with van der Waals surface area (Å²) in [4.78, 5) is 0. The highest BCUT2D eigenvalue weighted by Gasteiger charge is 2.19. The van der Waals surface area contributed by atoms with Crippen molar-refractivity contribution in [3.63, 3.8) is 0 Å². The van der Waals surface area contributed by atoms with Crippen molar-refractivity contribution in [1.29, 1.82) is 0 Å². The molecule has 0 unspecified atom stereocenters. The molecule has 0 amide bonds. The average Bonchev–Trinajstić information content (AvgIpc) is 2.67. The molecule has 0 saturated heterocycles. The second-order valence-corrected chi connectivity index (χ2v) is 12.1. The Morgan fingerprint density at radius 1 is 0.464 bits per heavy atom. The van der Waals surface area contributed by atoms with Gasteiger partial charge in [-0.3, -0.25) is 0 Å². The van der Waals surface area contributed by atoms with Gasteiger partial charge in [-0.1, -0.05) is 116 Å². The lowest BCUT2D eigenvalue weighted by molar-refractivity contribution is 0.311. The molecule has 0 rings (SSSR count). The smallest absolute Gasteiger partial charge is 0.0922 e. The maximum Gasteiger partial charge on any atom is 0.0922 e. The average molecular weight is 419 g/mol. The molecule has 28 heavy (non-hydrogen) atoms. The highest BCUT2D eigenvalue weighted by molar-refractivity contribution is 7.63. The standard InChI is InChI=1S/C24H51O3P/c1-2-3-4-5-6-7-8-9-10-11-12-13-14-15-16-17-18-19-22-28(27,23-20-25)24-21-26/h25-26H,2-24H2,1H3. The lowest BCUT2D eigenvalue weighted by atomic mass is 10.0. The van der Waals surface area contributed by atoms with Crippen molar-refractivity contribution in [3.8, 4) is 0 Å². The molecule has 0 aromatic carbocycles. The van der Waals surface area contributed by atoms with Crippen LogP contribution in [0, 0.1) is 0 Å². The summed E-state index contributed by atoms with van der Waals surface area (Å²) in [5.41, 5.74) is 0. The molecule has 0 atom stereocenters. The minimum absolute atomic E-state index is 0.0175. The van der Waals surface area contributed by atoms with Gasteiger partial charge in [-0.05, 0) is 6.42 Å². The Balaban J connectivity index is 3.24. The van der Waals surface area contributed by atoms with E-state index in [0.29, 0.717) is 18.5 Å². The van der Waals surface area contributed by atoms with Gasteiger partial charge in [-0.2, -0.15) is 0 Å². The van der Waals surface area contributed by atoms with Crippen LogP contribution in [0.2, 0.25) is 0 Å². The fourth-order valence-corrected chi connectivity index (χ4v) is 6.20. The molecule has 3 nitrogen and oxygen atoms in total. The highest BCUT2D eigenvalue weighted by Crippen LogP contribution is 2.45. The van der Waals surface area contributed by atoms with Gasteiger partial charge < -0.3 is 14.8 Å². The molecule has 0 aliphatic heterocycles. The van der Waals surface area contributed by atoms with Gasteiger partial charge >= 0.3 is 0 Å². The van der Waals surface area contributed by atoms with Gasteiger partial charge in [-0.25, -0.2) is 0 Å². The summed E-state index contributed by atoms with van der Waals surface area (Å²) in [5, 5.41) is 18.1. The molecule has 0 saturated carbocycles. The third-order valence-corrected chi connectivity index (χ3v) is 9.10. The van der Waals surface area contributed by atoms with E-state index >= 15 is 0 Å². The monoisotopic (exact) mass is 418 g/mol. The number of rotatable bonds is 23. The van der Waals surface area contributed by atoms with E-state index in [1.165, 1.54) is 103 Å². The van der Waals surface area contributed by atoms with Crippen LogP contribution in [-0.4, -0.2) is 41.9 Å². The van der Waals surface area contributed by atoms with Gasteiger partial charge in [0.2, 0.25) is 0 Å². The summed E-state index contributed by atoms with van der Waals surface area (Å²) >= 11 is 0. The summed E-state index contributed by atoms with van der Waals surface area (Å²) in [7, 11) is -2.31. The summed E-state index contributed by atoms with van der Waals surface area (Å²) in [6.45, 7) is 2.25. The lowest BCUT2D eigenvalue weighted by Gasteiger charge is -2.15. The minimum atomic E-state index is -2.31. The Kier molecular flexibility index (Phi) is 22.0. The molecule has 0 heterocycles. The van der Waals surface area contributed by atoms with Crippen LogP contribution in [0.4, 0.5) is 0 Å². The fraction of sp³-hybridized carbons (Fsp3) is 1.00. The molecule has 2 N–H and O–H groups in total. The second-order valence-electron chi connectivity index (χ2n) is 8.69. The summed E-state index contributed by atoms with van der Waals surface area (Å²) in [6, 6.07) is 0. The van der Waals surface area contributed by atoms with Crippen molar-refractivity contribution in [2.75, 3.05) is 31.7 Å². The number of hydrogen-bond acceptors (Lipinski definition) is 3. The van der Waals surface area contributed by atoms with Crippen molar-refractivity contribution in [2.24, 2.45) is 0 Å². The van der Waals surface area contributed by atoms with Crippen LogP contribution in [-0.2, 0) is 4.57 Å². The Morgan fingerprint density at radius 2 is 0.750 bits per heavy atom. The first-order valence-electron chi connectivity index (χ1n) is 12.5. The van der Waals surface area contributed by atoms with Crippen LogP contribution < -0.4 is 0 Å². The van der Waals surface area contributed by atoms with Gasteiger partial charge in [-0.15, -0.1) is 0 Å². The lowest BCUT2D eigenvalue weighted by Crippen LogP contribution is -2.06. The van der Waals surface area contributed by atoms with Gasteiger partial charge in [0.1, 0.15) is 0 Å². The predicted octanol–water partition coefficient (Wildman–Crippen LogP) is 7.38. The van der Waals surface area contributed by atoms with E-state index in [0.717, 1.165) is 12.8 Å². The van der Waals surface area contributed by atoms with Crippen LogP contribution >= 0.6 is 7.14 Å². The molecule has 0 fully saturated rings. The second kappa shape index (κ2) is 21.8. The zero-order valence-corrected chi connectivity index (χ0v) is 19.9. The minimum Gasteiger partial charge on any atom is -0.396 e. The van der Waals surface area contributed by atoms with Crippen LogP contribution in [0.15, 0.2) is 0 Å². The zero-order valence-electron chi connectivity index (χ0n) is 19.0. The third-order valence-electron chi connectivity index (χ3n) is 5.93. The van der Waals surface area contributed by atoms with Crippen molar-refractivity contribution >= 4 is 7.14 Å². The molecule has 0 radical (unpaired) electrons. The predicted molar refractivity (Wildman–Crippen MR) is 125 cm³/mol. The molecular formula is C24H51O3P.